The number of aliphatic carboxylic acids is 1. The summed E-state index contributed by atoms with van der Waals surface area (Å²) in [5.41, 5.74) is 0.235. The minimum absolute atomic E-state index is 0.0748. The Morgan fingerprint density at radius 2 is 1.44 bits per heavy atom. The maximum atomic E-state index is 12.1. The van der Waals surface area contributed by atoms with Crippen LogP contribution in [0, 0.1) is 0 Å². The first-order valence-electron chi connectivity index (χ1n) is 13.1. The van der Waals surface area contributed by atoms with Gasteiger partial charge in [-0.1, -0.05) is 51.9 Å². The lowest BCUT2D eigenvalue weighted by molar-refractivity contribution is -0.142. The molecule has 0 aliphatic heterocycles. The minimum Gasteiger partial charge on any atom is -0.494 e. The van der Waals surface area contributed by atoms with Crippen molar-refractivity contribution in [3.63, 3.8) is 0 Å². The fraction of sp³-hybridized carbons (Fsp3) is 0.630. The number of nitrogens with one attached hydrogen (secondary N) is 2. The summed E-state index contributed by atoms with van der Waals surface area (Å²) in [7, 11) is 0. The highest BCUT2D eigenvalue weighted by Crippen LogP contribution is 2.14. The van der Waals surface area contributed by atoms with Crippen LogP contribution in [0.5, 0.6) is 5.75 Å². The first-order chi connectivity index (χ1) is 17.3. The van der Waals surface area contributed by atoms with Crippen LogP contribution in [-0.4, -0.2) is 53.2 Å². The van der Waals surface area contributed by atoms with Gasteiger partial charge in [0, 0.05) is 19.4 Å². The van der Waals surface area contributed by atoms with E-state index >= 15 is 0 Å². The van der Waals surface area contributed by atoms with Crippen LogP contribution in [0.15, 0.2) is 24.3 Å². The molecule has 0 aromatic heterocycles. The lowest BCUT2D eigenvalue weighted by Gasteiger charge is -2.14. The topological polar surface area (TPSA) is 142 Å². The van der Waals surface area contributed by atoms with Gasteiger partial charge in [-0.3, -0.25) is 9.59 Å². The molecule has 1 rings (SSSR count). The van der Waals surface area contributed by atoms with Crippen LogP contribution < -0.4 is 15.4 Å². The minimum atomic E-state index is -1.12. The molecule has 9 heteroatoms. The molecule has 1 aromatic carbocycles. The molecule has 9 nitrogen and oxygen atoms in total. The lowest BCUT2D eigenvalue weighted by atomic mass is 10.1. The van der Waals surface area contributed by atoms with E-state index in [1.54, 1.807) is 12.1 Å². The van der Waals surface area contributed by atoms with Crippen molar-refractivity contribution in [2.45, 2.75) is 96.4 Å². The van der Waals surface area contributed by atoms with E-state index in [0.29, 0.717) is 25.3 Å². The van der Waals surface area contributed by atoms with Gasteiger partial charge in [-0.2, -0.15) is 0 Å². The number of carboxylic acid groups (broad SMARTS) is 2. The predicted octanol–water partition coefficient (Wildman–Crippen LogP) is 4.54. The van der Waals surface area contributed by atoms with Crippen molar-refractivity contribution < 1.29 is 34.1 Å². The zero-order valence-electron chi connectivity index (χ0n) is 21.4. The highest BCUT2D eigenvalue weighted by molar-refractivity contribution is 5.87. The van der Waals surface area contributed by atoms with Crippen LogP contribution in [0.2, 0.25) is 0 Å². The highest BCUT2D eigenvalue weighted by atomic mass is 16.5. The van der Waals surface area contributed by atoms with Crippen molar-refractivity contribution in [3.05, 3.63) is 29.8 Å². The summed E-state index contributed by atoms with van der Waals surface area (Å²) in [4.78, 5) is 46.2. The number of rotatable bonds is 21. The van der Waals surface area contributed by atoms with Crippen LogP contribution >= 0.6 is 0 Å². The molecule has 4 N–H and O–H groups in total. The Hall–Kier alpha value is -3.10. The number of carbonyl (C=O) groups is 4. The normalized spacial score (nSPS) is 11.5. The second-order valence-corrected chi connectivity index (χ2v) is 8.96. The van der Waals surface area contributed by atoms with E-state index in [0.717, 1.165) is 57.8 Å². The monoisotopic (exact) mass is 506 g/mol. The Morgan fingerprint density at radius 1 is 0.806 bits per heavy atom. The summed E-state index contributed by atoms with van der Waals surface area (Å²) in [5, 5.41) is 23.5. The summed E-state index contributed by atoms with van der Waals surface area (Å²) >= 11 is 0. The summed E-state index contributed by atoms with van der Waals surface area (Å²) in [6.07, 6.45) is 10.1. The van der Waals surface area contributed by atoms with Crippen LogP contribution in [0.3, 0.4) is 0 Å². The van der Waals surface area contributed by atoms with Gasteiger partial charge >= 0.3 is 11.9 Å². The van der Waals surface area contributed by atoms with Crippen molar-refractivity contribution in [2.24, 2.45) is 0 Å². The van der Waals surface area contributed by atoms with E-state index < -0.39 is 18.0 Å². The van der Waals surface area contributed by atoms with Gasteiger partial charge in [0.1, 0.15) is 11.8 Å². The molecule has 0 saturated heterocycles. The molecule has 0 heterocycles. The molecule has 0 radical (unpaired) electrons. The van der Waals surface area contributed by atoms with Gasteiger partial charge in [0.15, 0.2) is 0 Å². The molecule has 0 aliphatic rings. The average molecular weight is 507 g/mol. The molecule has 0 saturated carbocycles. The summed E-state index contributed by atoms with van der Waals surface area (Å²) in [5.74, 6) is -1.90. The molecule has 2 amide bonds. The van der Waals surface area contributed by atoms with Crippen LogP contribution in [-0.2, 0) is 14.4 Å². The van der Waals surface area contributed by atoms with Crippen molar-refractivity contribution in [1.82, 2.24) is 10.6 Å². The lowest BCUT2D eigenvalue weighted by Crippen LogP contribution is -2.41. The van der Waals surface area contributed by atoms with Crippen molar-refractivity contribution in [3.8, 4) is 5.75 Å². The Balaban J connectivity index is 2.05. The molecule has 1 unspecified atom stereocenters. The van der Waals surface area contributed by atoms with Crippen LogP contribution in [0.25, 0.3) is 0 Å². The third kappa shape index (κ3) is 15.0. The van der Waals surface area contributed by atoms with Gasteiger partial charge in [-0.25, -0.2) is 9.59 Å². The average Bonchev–Trinajstić information content (AvgIpc) is 2.85. The predicted molar refractivity (Wildman–Crippen MR) is 137 cm³/mol. The molecule has 1 atom stereocenters. The summed E-state index contributed by atoms with van der Waals surface area (Å²) in [6.45, 7) is 3.25. The standard InChI is InChI=1S/C27H42N2O7/c1-2-3-10-19-28-24(30)18-17-23(27(34)35)29-25(31)12-9-7-5-4-6-8-11-20-36-22-15-13-21(14-16-22)26(32)33/h13-16,23H,2-12,17-20H2,1H3,(H,28,30)(H,29,31)(H,32,33)(H,34,35). The van der Waals surface area contributed by atoms with Gasteiger partial charge < -0.3 is 25.6 Å². The number of carboxylic acids is 2. The quantitative estimate of drug-likeness (QED) is 0.179. The molecule has 202 valence electrons. The molecule has 36 heavy (non-hydrogen) atoms. The van der Waals surface area contributed by atoms with Gasteiger partial charge in [0.25, 0.3) is 0 Å². The number of amides is 2. The molecule has 0 aliphatic carbocycles. The summed E-state index contributed by atoms with van der Waals surface area (Å²) < 4.78 is 5.62. The zero-order valence-corrected chi connectivity index (χ0v) is 21.4. The van der Waals surface area contributed by atoms with E-state index in [-0.39, 0.29) is 36.6 Å². The number of hydrogen-bond acceptors (Lipinski definition) is 5. The van der Waals surface area contributed by atoms with Gasteiger partial charge in [0.2, 0.25) is 11.8 Å². The Morgan fingerprint density at radius 3 is 2.06 bits per heavy atom. The van der Waals surface area contributed by atoms with E-state index in [1.807, 2.05) is 0 Å². The molecule has 0 fully saturated rings. The zero-order chi connectivity index (χ0) is 26.6. The molecule has 0 spiro atoms. The van der Waals surface area contributed by atoms with Crippen LogP contribution in [0.4, 0.5) is 0 Å². The second-order valence-electron chi connectivity index (χ2n) is 8.96. The van der Waals surface area contributed by atoms with E-state index in [1.165, 1.54) is 12.1 Å². The Kier molecular flexibility index (Phi) is 16.4. The van der Waals surface area contributed by atoms with Crippen LogP contribution in [0.1, 0.15) is 101 Å². The maximum absolute atomic E-state index is 12.1. The van der Waals surface area contributed by atoms with Gasteiger partial charge in [-0.05, 0) is 49.9 Å². The van der Waals surface area contributed by atoms with Crippen molar-refractivity contribution in [2.75, 3.05) is 13.2 Å². The molecule has 0 bridgehead atoms. The van der Waals surface area contributed by atoms with Gasteiger partial charge in [0.05, 0.1) is 12.2 Å². The smallest absolute Gasteiger partial charge is 0.335 e. The first-order valence-corrected chi connectivity index (χ1v) is 13.1. The largest absolute Gasteiger partial charge is 0.494 e. The Bertz CT molecular complexity index is 796. The maximum Gasteiger partial charge on any atom is 0.335 e. The van der Waals surface area contributed by atoms with E-state index in [2.05, 4.69) is 17.6 Å². The molecular weight excluding hydrogens is 464 g/mol. The fourth-order valence-corrected chi connectivity index (χ4v) is 3.65. The number of benzene rings is 1. The number of carbonyl (C=O) groups excluding carboxylic acids is 2. The van der Waals surface area contributed by atoms with Crippen molar-refractivity contribution >= 4 is 23.8 Å². The molecule has 1 aromatic rings. The number of hydrogen-bond donors (Lipinski definition) is 4. The first kappa shape index (κ1) is 30.9. The van der Waals surface area contributed by atoms with Gasteiger partial charge in [-0.15, -0.1) is 0 Å². The third-order valence-electron chi connectivity index (χ3n) is 5.81. The van der Waals surface area contributed by atoms with E-state index in [9.17, 15) is 24.3 Å². The SMILES string of the molecule is CCCCCNC(=O)CCC(NC(=O)CCCCCCCCCOc1ccc(C(=O)O)cc1)C(=O)O. The third-order valence-corrected chi connectivity index (χ3v) is 5.81. The number of aromatic carboxylic acids is 1. The Labute approximate surface area is 214 Å². The fourth-order valence-electron chi connectivity index (χ4n) is 3.65. The highest BCUT2D eigenvalue weighted by Gasteiger charge is 2.20. The summed E-state index contributed by atoms with van der Waals surface area (Å²) in [6, 6.07) is 5.31. The number of unbranched alkanes of at least 4 members (excludes halogenated alkanes) is 8. The van der Waals surface area contributed by atoms with E-state index in [4.69, 9.17) is 9.84 Å². The second kappa shape index (κ2) is 19.1. The van der Waals surface area contributed by atoms with Crippen molar-refractivity contribution in [1.29, 1.82) is 0 Å². The number of ether oxygens (including phenoxy) is 1. The molecular formula is C27H42N2O7.